The van der Waals surface area contributed by atoms with E-state index in [1.807, 2.05) is 30.3 Å². The topological polar surface area (TPSA) is 58.2 Å². The van der Waals surface area contributed by atoms with Gasteiger partial charge in [0.15, 0.2) is 6.23 Å². The van der Waals surface area contributed by atoms with Crippen molar-refractivity contribution in [2.24, 2.45) is 0 Å². The van der Waals surface area contributed by atoms with Crippen molar-refractivity contribution in [3.63, 3.8) is 0 Å². The summed E-state index contributed by atoms with van der Waals surface area (Å²) in [4.78, 5) is 0. The summed E-state index contributed by atoms with van der Waals surface area (Å²) in [6.45, 7) is 0.418. The van der Waals surface area contributed by atoms with Crippen molar-refractivity contribution < 1.29 is 23.7 Å². The van der Waals surface area contributed by atoms with E-state index in [2.05, 4.69) is 5.32 Å². The number of ether oxygens (including phenoxy) is 5. The molecule has 0 unspecified atom stereocenters. The van der Waals surface area contributed by atoms with Gasteiger partial charge in [0.25, 0.3) is 0 Å². The summed E-state index contributed by atoms with van der Waals surface area (Å²) in [6, 6.07) is 9.85. The van der Waals surface area contributed by atoms with Gasteiger partial charge in [-0.15, -0.1) is 0 Å². The minimum absolute atomic E-state index is 0.243. The van der Waals surface area contributed by atoms with E-state index in [1.165, 1.54) is 0 Å². The van der Waals surface area contributed by atoms with Gasteiger partial charge in [0.05, 0.1) is 6.61 Å². The molecule has 1 aliphatic heterocycles. The van der Waals surface area contributed by atoms with E-state index < -0.39 is 0 Å². The maximum absolute atomic E-state index is 6.10. The summed E-state index contributed by atoms with van der Waals surface area (Å²) in [6.07, 6.45) is -1.42. The number of rotatable bonds is 7. The zero-order valence-electron chi connectivity index (χ0n) is 13.5. The third kappa shape index (κ3) is 3.77. The Labute approximate surface area is 131 Å². The molecule has 0 amide bonds. The van der Waals surface area contributed by atoms with Gasteiger partial charge >= 0.3 is 0 Å². The summed E-state index contributed by atoms with van der Waals surface area (Å²) in [7, 11) is 6.57. The quantitative estimate of drug-likeness (QED) is 0.824. The van der Waals surface area contributed by atoms with Crippen LogP contribution in [0, 0.1) is 0 Å². The standard InChI is InChI=1S/C16H25NO5/c1-18-10-12-13(19-2)14(20-3)15(21-4)16(22-12)17-11-8-6-5-7-9-11/h5-9,12-17H,10H2,1-4H3/t12-,13-,14+,15-,16-/m1/s1. The fourth-order valence-electron chi connectivity index (χ4n) is 2.84. The highest BCUT2D eigenvalue weighted by Crippen LogP contribution is 2.28. The highest BCUT2D eigenvalue weighted by Gasteiger charge is 2.47. The Morgan fingerprint density at radius 3 is 2.09 bits per heavy atom. The molecule has 6 nitrogen and oxygen atoms in total. The fourth-order valence-corrected chi connectivity index (χ4v) is 2.84. The summed E-state index contributed by atoms with van der Waals surface area (Å²) >= 11 is 0. The van der Waals surface area contributed by atoms with Gasteiger partial charge in [-0.3, -0.25) is 0 Å². The summed E-state index contributed by atoms with van der Waals surface area (Å²) in [5.74, 6) is 0. The van der Waals surface area contributed by atoms with Gasteiger partial charge in [0, 0.05) is 34.1 Å². The number of methoxy groups -OCH3 is 4. The third-order valence-electron chi connectivity index (χ3n) is 3.86. The van der Waals surface area contributed by atoms with Crippen molar-refractivity contribution in [1.29, 1.82) is 0 Å². The molecule has 0 aliphatic carbocycles. The zero-order valence-corrected chi connectivity index (χ0v) is 13.5. The molecule has 0 bridgehead atoms. The third-order valence-corrected chi connectivity index (χ3v) is 3.86. The van der Waals surface area contributed by atoms with Crippen molar-refractivity contribution >= 4 is 5.69 Å². The maximum Gasteiger partial charge on any atom is 0.157 e. The molecule has 22 heavy (non-hydrogen) atoms. The second-order valence-electron chi connectivity index (χ2n) is 5.16. The van der Waals surface area contributed by atoms with Gasteiger partial charge in [-0.1, -0.05) is 18.2 Å². The van der Waals surface area contributed by atoms with Gasteiger partial charge in [0.2, 0.25) is 0 Å². The highest BCUT2D eigenvalue weighted by molar-refractivity contribution is 5.43. The average molecular weight is 311 g/mol. The van der Waals surface area contributed by atoms with E-state index in [0.717, 1.165) is 5.69 Å². The van der Waals surface area contributed by atoms with Gasteiger partial charge in [-0.05, 0) is 12.1 Å². The number of benzene rings is 1. The lowest BCUT2D eigenvalue weighted by atomic mass is 9.97. The number of nitrogens with one attached hydrogen (secondary N) is 1. The van der Waals surface area contributed by atoms with Crippen LogP contribution in [-0.2, 0) is 23.7 Å². The Balaban J connectivity index is 2.19. The molecular weight excluding hydrogens is 286 g/mol. The predicted molar refractivity (Wildman–Crippen MR) is 83.0 cm³/mol. The molecule has 0 aromatic heterocycles. The number of anilines is 1. The fraction of sp³-hybridized carbons (Fsp3) is 0.625. The number of hydrogen-bond donors (Lipinski definition) is 1. The molecule has 1 heterocycles. The van der Waals surface area contributed by atoms with Crippen LogP contribution in [-0.4, -0.2) is 65.7 Å². The lowest BCUT2D eigenvalue weighted by molar-refractivity contribution is -0.243. The van der Waals surface area contributed by atoms with Gasteiger partial charge in [0.1, 0.15) is 24.4 Å². The average Bonchev–Trinajstić information content (AvgIpc) is 2.55. The molecule has 1 aromatic carbocycles. The highest BCUT2D eigenvalue weighted by atomic mass is 16.6. The summed E-state index contributed by atoms with van der Waals surface area (Å²) in [5.41, 5.74) is 0.955. The van der Waals surface area contributed by atoms with E-state index in [9.17, 15) is 0 Å². The van der Waals surface area contributed by atoms with Crippen LogP contribution in [0.5, 0.6) is 0 Å². The van der Waals surface area contributed by atoms with Crippen molar-refractivity contribution in [2.75, 3.05) is 40.4 Å². The minimum atomic E-state index is -0.358. The molecule has 0 radical (unpaired) electrons. The van der Waals surface area contributed by atoms with Crippen LogP contribution in [0.1, 0.15) is 0 Å². The van der Waals surface area contributed by atoms with Crippen LogP contribution in [0.25, 0.3) is 0 Å². The SMILES string of the molecule is COC[C@H]1O[C@@H](Nc2ccccc2)[C@H](OC)[C@@H](OC)[C@@H]1OC. The monoisotopic (exact) mass is 311 g/mol. The lowest BCUT2D eigenvalue weighted by Crippen LogP contribution is -2.62. The van der Waals surface area contributed by atoms with Gasteiger partial charge in [-0.25, -0.2) is 0 Å². The Kier molecular flexibility index (Phi) is 6.60. The Morgan fingerprint density at radius 1 is 0.909 bits per heavy atom. The van der Waals surface area contributed by atoms with E-state index in [-0.39, 0.29) is 30.6 Å². The summed E-state index contributed by atoms with van der Waals surface area (Å²) < 4.78 is 28.1. The number of hydrogen-bond acceptors (Lipinski definition) is 6. The first-order valence-corrected chi connectivity index (χ1v) is 7.29. The van der Waals surface area contributed by atoms with Crippen molar-refractivity contribution in [2.45, 2.75) is 30.6 Å². The van der Waals surface area contributed by atoms with Crippen molar-refractivity contribution in [3.05, 3.63) is 30.3 Å². The van der Waals surface area contributed by atoms with Crippen LogP contribution in [0.2, 0.25) is 0 Å². The van der Waals surface area contributed by atoms with E-state index in [4.69, 9.17) is 23.7 Å². The normalized spacial score (nSPS) is 31.9. The second kappa shape index (κ2) is 8.45. The molecule has 2 rings (SSSR count). The molecule has 1 aromatic rings. The van der Waals surface area contributed by atoms with Crippen molar-refractivity contribution in [3.8, 4) is 0 Å². The largest absolute Gasteiger partial charge is 0.382 e. The van der Waals surface area contributed by atoms with Gasteiger partial charge < -0.3 is 29.0 Å². The van der Waals surface area contributed by atoms with Crippen LogP contribution in [0.3, 0.4) is 0 Å². The first kappa shape index (κ1) is 17.2. The van der Waals surface area contributed by atoms with E-state index >= 15 is 0 Å². The molecule has 6 heteroatoms. The second-order valence-corrected chi connectivity index (χ2v) is 5.16. The molecule has 0 saturated carbocycles. The van der Waals surface area contributed by atoms with Crippen LogP contribution >= 0.6 is 0 Å². The molecule has 1 aliphatic rings. The van der Waals surface area contributed by atoms with Crippen molar-refractivity contribution in [1.82, 2.24) is 0 Å². The molecule has 1 fully saturated rings. The number of para-hydroxylation sites is 1. The molecule has 5 atom stereocenters. The lowest BCUT2D eigenvalue weighted by Gasteiger charge is -2.45. The maximum atomic E-state index is 6.10. The Hall–Kier alpha value is -1.18. The van der Waals surface area contributed by atoms with Crippen LogP contribution in [0.15, 0.2) is 30.3 Å². The Morgan fingerprint density at radius 2 is 1.55 bits per heavy atom. The molecule has 1 N–H and O–H groups in total. The molecule has 124 valence electrons. The van der Waals surface area contributed by atoms with Crippen LogP contribution in [0.4, 0.5) is 5.69 Å². The molecule has 1 saturated heterocycles. The summed E-state index contributed by atoms with van der Waals surface area (Å²) in [5, 5.41) is 3.34. The van der Waals surface area contributed by atoms with E-state index in [0.29, 0.717) is 6.61 Å². The van der Waals surface area contributed by atoms with E-state index in [1.54, 1.807) is 28.4 Å². The zero-order chi connectivity index (χ0) is 15.9. The predicted octanol–water partition coefficient (Wildman–Crippen LogP) is 1.51. The molecular formula is C16H25NO5. The minimum Gasteiger partial charge on any atom is -0.382 e. The first-order valence-electron chi connectivity index (χ1n) is 7.29. The smallest absolute Gasteiger partial charge is 0.157 e. The van der Waals surface area contributed by atoms with Gasteiger partial charge in [-0.2, -0.15) is 0 Å². The van der Waals surface area contributed by atoms with Crippen LogP contribution < -0.4 is 5.32 Å². The molecule has 0 spiro atoms. The first-order chi connectivity index (χ1) is 10.7. The Bertz CT molecular complexity index is 430.